The molecule has 1 fully saturated rings. The van der Waals surface area contributed by atoms with Gasteiger partial charge in [0.05, 0.1) is 10.5 Å². The maximum atomic E-state index is 13.0. The molecule has 4 rings (SSSR count). The highest BCUT2D eigenvalue weighted by atomic mass is 32.2. The molecule has 11 heteroatoms. The summed E-state index contributed by atoms with van der Waals surface area (Å²) in [5.41, 5.74) is -0.548. The third kappa shape index (κ3) is 5.14. The molecule has 0 saturated carbocycles. The zero-order valence-corrected chi connectivity index (χ0v) is 18.2. The van der Waals surface area contributed by atoms with E-state index in [1.165, 1.54) is 45.6 Å². The highest BCUT2D eigenvalue weighted by molar-refractivity contribution is 7.89. The van der Waals surface area contributed by atoms with Crippen LogP contribution in [0, 0.1) is 0 Å². The maximum Gasteiger partial charge on any atom is 0.416 e. The molecule has 0 N–H and O–H groups in total. The van der Waals surface area contributed by atoms with Crippen molar-refractivity contribution < 1.29 is 35.9 Å². The van der Waals surface area contributed by atoms with E-state index < -0.39 is 27.7 Å². The number of hydrogen-bond donors (Lipinski definition) is 0. The summed E-state index contributed by atoms with van der Waals surface area (Å²) in [4.78, 5) is 14.0. The van der Waals surface area contributed by atoms with Crippen LogP contribution >= 0.6 is 0 Å². The van der Waals surface area contributed by atoms with E-state index in [0.29, 0.717) is 24.7 Å². The minimum absolute atomic E-state index is 0.0796. The van der Waals surface area contributed by atoms with Crippen molar-refractivity contribution in [3.8, 4) is 11.5 Å². The van der Waals surface area contributed by atoms with Gasteiger partial charge in [0, 0.05) is 38.3 Å². The Labute approximate surface area is 189 Å². The fraction of sp³-hybridized carbons (Fsp3) is 0.318. The SMILES string of the molecule is O=C(/C=C/c1cccc(C(F)(F)F)c1)N1CCN(S(=O)(=O)c2ccc3c(c2)OCCO3)CC1. The van der Waals surface area contributed by atoms with Crippen molar-refractivity contribution in [2.75, 3.05) is 39.4 Å². The molecule has 0 bridgehead atoms. The lowest BCUT2D eigenvalue weighted by Crippen LogP contribution is -2.50. The Morgan fingerprint density at radius 1 is 0.939 bits per heavy atom. The molecule has 2 aromatic carbocycles. The van der Waals surface area contributed by atoms with Gasteiger partial charge in [-0.3, -0.25) is 4.79 Å². The Hall–Kier alpha value is -3.05. The van der Waals surface area contributed by atoms with Crippen molar-refractivity contribution in [2.24, 2.45) is 0 Å². The smallest absolute Gasteiger partial charge is 0.416 e. The summed E-state index contributed by atoms with van der Waals surface area (Å²) in [7, 11) is -3.78. The van der Waals surface area contributed by atoms with Crippen molar-refractivity contribution in [1.82, 2.24) is 9.21 Å². The molecule has 1 amide bonds. The van der Waals surface area contributed by atoms with E-state index in [9.17, 15) is 26.4 Å². The number of carbonyl (C=O) groups excluding carboxylic acids is 1. The molecule has 1 saturated heterocycles. The van der Waals surface area contributed by atoms with Gasteiger partial charge in [-0.05, 0) is 35.9 Å². The van der Waals surface area contributed by atoms with Crippen LogP contribution < -0.4 is 9.47 Å². The predicted molar refractivity (Wildman–Crippen MR) is 113 cm³/mol. The van der Waals surface area contributed by atoms with Gasteiger partial charge in [0.2, 0.25) is 15.9 Å². The molecule has 0 spiro atoms. The van der Waals surface area contributed by atoms with E-state index in [0.717, 1.165) is 12.1 Å². The molecule has 0 radical (unpaired) electrons. The number of ether oxygens (including phenoxy) is 2. The topological polar surface area (TPSA) is 76.2 Å². The van der Waals surface area contributed by atoms with Crippen LogP contribution in [0.3, 0.4) is 0 Å². The van der Waals surface area contributed by atoms with Gasteiger partial charge in [0.1, 0.15) is 13.2 Å². The molecule has 0 aliphatic carbocycles. The van der Waals surface area contributed by atoms with Crippen molar-refractivity contribution in [3.05, 3.63) is 59.7 Å². The third-order valence-corrected chi connectivity index (χ3v) is 7.23. The normalized spacial score (nSPS) is 17.4. The second-order valence-electron chi connectivity index (χ2n) is 7.49. The summed E-state index contributed by atoms with van der Waals surface area (Å²) < 4.78 is 76.6. The summed E-state index contributed by atoms with van der Waals surface area (Å²) in [5, 5.41) is 0. The first-order chi connectivity index (χ1) is 15.6. The van der Waals surface area contributed by atoms with Crippen LogP contribution in [0.1, 0.15) is 11.1 Å². The van der Waals surface area contributed by atoms with Gasteiger partial charge in [-0.15, -0.1) is 0 Å². The van der Waals surface area contributed by atoms with Gasteiger partial charge in [-0.1, -0.05) is 12.1 Å². The van der Waals surface area contributed by atoms with E-state index in [4.69, 9.17) is 9.47 Å². The number of carbonyl (C=O) groups is 1. The first-order valence-electron chi connectivity index (χ1n) is 10.2. The van der Waals surface area contributed by atoms with Crippen molar-refractivity contribution in [1.29, 1.82) is 0 Å². The summed E-state index contributed by atoms with van der Waals surface area (Å²) >= 11 is 0. The Morgan fingerprint density at radius 2 is 1.64 bits per heavy atom. The van der Waals surface area contributed by atoms with E-state index >= 15 is 0 Å². The van der Waals surface area contributed by atoms with Crippen LogP contribution in [0.15, 0.2) is 53.4 Å². The van der Waals surface area contributed by atoms with Gasteiger partial charge in [0.25, 0.3) is 0 Å². The zero-order valence-electron chi connectivity index (χ0n) is 17.4. The molecule has 176 valence electrons. The quantitative estimate of drug-likeness (QED) is 0.627. The number of amides is 1. The average Bonchev–Trinajstić information content (AvgIpc) is 2.82. The maximum absolute atomic E-state index is 13.0. The summed E-state index contributed by atoms with van der Waals surface area (Å²) in [5.74, 6) is 0.461. The van der Waals surface area contributed by atoms with Crippen LogP contribution in [0.4, 0.5) is 13.2 Å². The minimum Gasteiger partial charge on any atom is -0.486 e. The van der Waals surface area contributed by atoms with Crippen molar-refractivity contribution in [3.63, 3.8) is 0 Å². The average molecular weight is 482 g/mol. The molecular formula is C22H21F3N2O5S. The lowest BCUT2D eigenvalue weighted by molar-refractivity contribution is -0.137. The fourth-order valence-electron chi connectivity index (χ4n) is 3.57. The van der Waals surface area contributed by atoms with Crippen molar-refractivity contribution in [2.45, 2.75) is 11.1 Å². The summed E-state index contributed by atoms with van der Waals surface area (Å²) in [6.07, 6.45) is -1.96. The summed E-state index contributed by atoms with van der Waals surface area (Å²) in [6, 6.07) is 9.10. The number of rotatable bonds is 4. The second kappa shape index (κ2) is 9.06. The summed E-state index contributed by atoms with van der Waals surface area (Å²) in [6.45, 7) is 1.26. The molecule has 2 aliphatic rings. The molecule has 2 aliphatic heterocycles. The molecule has 2 heterocycles. The van der Waals surface area contributed by atoms with Gasteiger partial charge < -0.3 is 14.4 Å². The molecule has 33 heavy (non-hydrogen) atoms. The van der Waals surface area contributed by atoms with E-state index in [1.54, 1.807) is 6.07 Å². The van der Waals surface area contributed by atoms with Gasteiger partial charge in [-0.25, -0.2) is 8.42 Å². The molecule has 2 aromatic rings. The molecule has 0 aromatic heterocycles. The Balaban J connectivity index is 1.38. The number of nitrogens with zero attached hydrogens (tertiary/aromatic N) is 2. The number of piperazine rings is 1. The van der Waals surface area contributed by atoms with Crippen LogP contribution in [-0.4, -0.2) is 62.9 Å². The molecule has 0 unspecified atom stereocenters. The highest BCUT2D eigenvalue weighted by Crippen LogP contribution is 2.33. The predicted octanol–water partition coefficient (Wildman–Crippen LogP) is 3.02. The Morgan fingerprint density at radius 3 is 2.33 bits per heavy atom. The molecule has 0 atom stereocenters. The van der Waals surface area contributed by atoms with Crippen molar-refractivity contribution >= 4 is 22.0 Å². The van der Waals surface area contributed by atoms with E-state index in [2.05, 4.69) is 0 Å². The number of alkyl halides is 3. The Bertz CT molecular complexity index is 1170. The monoisotopic (exact) mass is 482 g/mol. The number of sulfonamides is 1. The van der Waals surface area contributed by atoms with Crippen LogP contribution in [0.2, 0.25) is 0 Å². The molecular weight excluding hydrogens is 461 g/mol. The van der Waals surface area contributed by atoms with E-state index in [1.807, 2.05) is 0 Å². The highest BCUT2D eigenvalue weighted by Gasteiger charge is 2.31. The lowest BCUT2D eigenvalue weighted by Gasteiger charge is -2.33. The van der Waals surface area contributed by atoms with Gasteiger partial charge in [-0.2, -0.15) is 17.5 Å². The van der Waals surface area contributed by atoms with Crippen LogP contribution in [0.5, 0.6) is 11.5 Å². The second-order valence-corrected chi connectivity index (χ2v) is 9.43. The minimum atomic E-state index is -4.47. The third-order valence-electron chi connectivity index (χ3n) is 5.33. The standard InChI is InChI=1S/C22H21F3N2O5S/c23-22(24,25)17-3-1-2-16(14-17)4-7-21(28)26-8-10-27(11-9-26)33(29,30)18-5-6-19-20(15-18)32-13-12-31-19/h1-7,14-15H,8-13H2/b7-4+. The van der Waals surface area contributed by atoms with E-state index in [-0.39, 0.29) is 36.6 Å². The van der Waals surface area contributed by atoms with Gasteiger partial charge in [0.15, 0.2) is 11.5 Å². The Kier molecular flexibility index (Phi) is 6.35. The zero-order chi connectivity index (χ0) is 23.6. The number of halogens is 3. The number of fused-ring (bicyclic) bond motifs is 1. The van der Waals surface area contributed by atoms with Crippen LogP contribution in [0.25, 0.3) is 6.08 Å². The first-order valence-corrected chi connectivity index (χ1v) is 11.6. The number of hydrogen-bond acceptors (Lipinski definition) is 5. The molecule has 7 nitrogen and oxygen atoms in total. The lowest BCUT2D eigenvalue weighted by atomic mass is 10.1. The van der Waals surface area contributed by atoms with Crippen LogP contribution in [-0.2, 0) is 21.0 Å². The number of benzene rings is 2. The first kappa shape index (κ1) is 23.1. The fourth-order valence-corrected chi connectivity index (χ4v) is 5.01. The van der Waals surface area contributed by atoms with Gasteiger partial charge >= 0.3 is 6.18 Å². The largest absolute Gasteiger partial charge is 0.486 e.